The van der Waals surface area contributed by atoms with Gasteiger partial charge in [-0.3, -0.25) is 14.5 Å². The second-order valence-corrected chi connectivity index (χ2v) is 3.09. The van der Waals surface area contributed by atoms with Gasteiger partial charge in [-0.2, -0.15) is 8.42 Å². The third-order valence-corrected chi connectivity index (χ3v) is 0.478. The number of rotatable bonds is 0. The second kappa shape index (κ2) is 9.00. The van der Waals surface area contributed by atoms with Gasteiger partial charge in [-0.1, -0.05) is 0 Å². The summed E-state index contributed by atoms with van der Waals surface area (Å²) >= 11 is 0. The molecule has 13 heavy (non-hydrogen) atoms. The van der Waals surface area contributed by atoms with Crippen LogP contribution in [0.5, 0.6) is 0 Å². The van der Waals surface area contributed by atoms with Crippen molar-refractivity contribution in [3.05, 3.63) is 24.8 Å². The first-order valence-electron chi connectivity index (χ1n) is 2.62. The maximum atomic E-state index is 9.19. The molecule has 0 bridgehead atoms. The van der Waals surface area contributed by atoms with Gasteiger partial charge in [0, 0.05) is 24.8 Å². The molecule has 0 unspecified atom stereocenters. The molecule has 78 valence electrons. The molecule has 5 N–H and O–H groups in total. The summed E-state index contributed by atoms with van der Waals surface area (Å²) in [6, 6.07) is 0. The van der Waals surface area contributed by atoms with Crippen LogP contribution in [0, 0.1) is 0 Å². The molecule has 1 heterocycles. The summed E-state index contributed by atoms with van der Waals surface area (Å²) in [5, 5.41) is 0. The molecule has 0 aromatic carbocycles. The lowest BCUT2D eigenvalue weighted by Gasteiger charge is -1.70. The molecular formula is C5H12N2O5S. The Morgan fingerprint density at radius 1 is 1.00 bits per heavy atom. The summed E-state index contributed by atoms with van der Waals surface area (Å²) in [5.41, 5.74) is 0. The number of nitrogens with zero attached hydrogens (tertiary/aromatic N) is 2. The van der Waals surface area contributed by atoms with Crippen molar-refractivity contribution >= 4 is 10.1 Å². The van der Waals surface area contributed by atoms with Gasteiger partial charge in [-0.05, 0) is 0 Å². The maximum absolute atomic E-state index is 9.19. The van der Waals surface area contributed by atoms with E-state index in [0.29, 0.717) is 6.26 Å². The molecule has 8 heteroatoms. The minimum atomic E-state index is -3.67. The van der Waals surface area contributed by atoms with Gasteiger partial charge < -0.3 is 11.0 Å². The van der Waals surface area contributed by atoms with Gasteiger partial charge in [0.15, 0.2) is 0 Å². The molecule has 0 spiro atoms. The Hall–Kier alpha value is -1.09. The summed E-state index contributed by atoms with van der Waals surface area (Å²) in [7, 11) is -3.67. The van der Waals surface area contributed by atoms with Gasteiger partial charge in [-0.25, -0.2) is 0 Å². The Kier molecular flexibility index (Phi) is 12.4. The zero-order chi connectivity index (χ0) is 8.74. The van der Waals surface area contributed by atoms with Crippen molar-refractivity contribution < 1.29 is 23.9 Å². The lowest BCUT2D eigenvalue weighted by Crippen LogP contribution is -1.88. The Balaban J connectivity index is -0.000000136. The molecule has 0 aliphatic heterocycles. The van der Waals surface area contributed by atoms with Crippen LogP contribution in [0.25, 0.3) is 0 Å². The Morgan fingerprint density at radius 2 is 1.15 bits per heavy atom. The normalized spacial score (nSPS) is 8.15. The Labute approximate surface area is 75.8 Å². The molecule has 1 rings (SSSR count). The van der Waals surface area contributed by atoms with E-state index < -0.39 is 10.1 Å². The molecule has 0 atom stereocenters. The lowest BCUT2D eigenvalue weighted by molar-refractivity contribution is 0.490. The van der Waals surface area contributed by atoms with E-state index >= 15 is 0 Å². The van der Waals surface area contributed by atoms with E-state index in [4.69, 9.17) is 4.55 Å². The summed E-state index contributed by atoms with van der Waals surface area (Å²) in [5.74, 6) is 0. The van der Waals surface area contributed by atoms with Crippen LogP contribution in [0.2, 0.25) is 0 Å². The van der Waals surface area contributed by atoms with Crippen molar-refractivity contribution in [3.8, 4) is 0 Å². The molecule has 0 saturated heterocycles. The minimum Gasteiger partial charge on any atom is -0.412 e. The molecule has 1 aromatic heterocycles. The SMILES string of the molecule is CS(=O)(=O)O.O.O.c1cnccn1. The summed E-state index contributed by atoms with van der Waals surface area (Å²) < 4.78 is 25.9. The number of hydrogen-bond donors (Lipinski definition) is 1. The third kappa shape index (κ3) is 35.9. The largest absolute Gasteiger partial charge is 0.412 e. The Bertz CT molecular complexity index is 240. The fourth-order valence-electron chi connectivity index (χ4n) is 0.253. The Morgan fingerprint density at radius 3 is 1.23 bits per heavy atom. The highest BCUT2D eigenvalue weighted by Crippen LogP contribution is 1.65. The molecule has 7 nitrogen and oxygen atoms in total. The predicted octanol–water partition coefficient (Wildman–Crippen LogP) is -1.67. The maximum Gasteiger partial charge on any atom is 0.261 e. The molecule has 0 saturated carbocycles. The second-order valence-electron chi connectivity index (χ2n) is 1.63. The minimum absolute atomic E-state index is 0. The highest BCUT2D eigenvalue weighted by Gasteiger charge is 1.81. The highest BCUT2D eigenvalue weighted by molar-refractivity contribution is 7.85. The summed E-state index contributed by atoms with van der Waals surface area (Å²) in [6.07, 6.45) is 7.27. The van der Waals surface area contributed by atoms with E-state index in [2.05, 4.69) is 9.97 Å². The van der Waals surface area contributed by atoms with Crippen molar-refractivity contribution in [2.75, 3.05) is 6.26 Å². The average Bonchev–Trinajstić information content (AvgIpc) is 1.88. The van der Waals surface area contributed by atoms with Crippen molar-refractivity contribution in [1.82, 2.24) is 9.97 Å². The monoisotopic (exact) mass is 212 g/mol. The van der Waals surface area contributed by atoms with Gasteiger partial charge in [0.25, 0.3) is 10.1 Å². The van der Waals surface area contributed by atoms with Gasteiger partial charge in [0.2, 0.25) is 0 Å². The van der Waals surface area contributed by atoms with Gasteiger partial charge in [0.1, 0.15) is 0 Å². The fourth-order valence-corrected chi connectivity index (χ4v) is 0.253. The fraction of sp³-hybridized carbons (Fsp3) is 0.200. The predicted molar refractivity (Wildman–Crippen MR) is 46.7 cm³/mol. The van der Waals surface area contributed by atoms with Crippen LogP contribution in [-0.4, -0.2) is 40.1 Å². The van der Waals surface area contributed by atoms with E-state index in [-0.39, 0.29) is 11.0 Å². The van der Waals surface area contributed by atoms with Crippen molar-refractivity contribution in [2.45, 2.75) is 0 Å². The van der Waals surface area contributed by atoms with E-state index in [1.165, 1.54) is 0 Å². The van der Waals surface area contributed by atoms with E-state index in [9.17, 15) is 8.42 Å². The molecule has 1 aromatic rings. The molecule has 0 aliphatic carbocycles. The summed E-state index contributed by atoms with van der Waals surface area (Å²) in [6.45, 7) is 0. The molecule has 0 fully saturated rings. The molecular weight excluding hydrogens is 200 g/mol. The highest BCUT2D eigenvalue weighted by atomic mass is 32.2. The average molecular weight is 212 g/mol. The van der Waals surface area contributed by atoms with Gasteiger partial charge >= 0.3 is 0 Å². The van der Waals surface area contributed by atoms with Crippen LogP contribution in [0.1, 0.15) is 0 Å². The zero-order valence-corrected chi connectivity index (χ0v) is 7.69. The number of hydrogen-bond acceptors (Lipinski definition) is 4. The van der Waals surface area contributed by atoms with Crippen molar-refractivity contribution in [1.29, 1.82) is 0 Å². The zero-order valence-electron chi connectivity index (χ0n) is 6.88. The number of aromatic nitrogens is 2. The third-order valence-electron chi connectivity index (χ3n) is 0.478. The van der Waals surface area contributed by atoms with Crippen molar-refractivity contribution in [2.24, 2.45) is 0 Å². The summed E-state index contributed by atoms with van der Waals surface area (Å²) in [4.78, 5) is 7.44. The quantitative estimate of drug-likeness (QED) is 0.511. The first-order valence-corrected chi connectivity index (χ1v) is 4.47. The van der Waals surface area contributed by atoms with E-state index in [0.717, 1.165) is 0 Å². The molecule has 0 amide bonds. The van der Waals surface area contributed by atoms with Crippen LogP contribution < -0.4 is 0 Å². The van der Waals surface area contributed by atoms with Crippen LogP contribution >= 0.6 is 0 Å². The van der Waals surface area contributed by atoms with Crippen LogP contribution in [0.3, 0.4) is 0 Å². The smallest absolute Gasteiger partial charge is 0.261 e. The van der Waals surface area contributed by atoms with Crippen LogP contribution in [0.15, 0.2) is 24.8 Å². The topological polar surface area (TPSA) is 143 Å². The van der Waals surface area contributed by atoms with Gasteiger partial charge in [0.05, 0.1) is 6.26 Å². The first-order chi connectivity index (χ1) is 5.00. The van der Waals surface area contributed by atoms with E-state index in [1.807, 2.05) is 0 Å². The molecule has 0 radical (unpaired) electrons. The standard InChI is InChI=1S/C4H4N2.CH4O3S.2H2O/c1-2-6-4-3-5-1;1-5(2,3)4;;/h1-4H;1H3,(H,2,3,4);2*1H2. The van der Waals surface area contributed by atoms with Crippen LogP contribution in [0.4, 0.5) is 0 Å². The van der Waals surface area contributed by atoms with Gasteiger partial charge in [-0.15, -0.1) is 0 Å². The van der Waals surface area contributed by atoms with Crippen molar-refractivity contribution in [3.63, 3.8) is 0 Å². The molecule has 0 aliphatic rings. The lowest BCUT2D eigenvalue weighted by atomic mass is 10.8. The first kappa shape index (κ1) is 17.9. The van der Waals surface area contributed by atoms with E-state index in [1.54, 1.807) is 24.8 Å². The van der Waals surface area contributed by atoms with Crippen LogP contribution in [-0.2, 0) is 10.1 Å².